The van der Waals surface area contributed by atoms with Crippen molar-refractivity contribution in [3.8, 4) is 0 Å². The fraction of sp³-hybridized carbons (Fsp3) is 0.619. The zero-order chi connectivity index (χ0) is 19.7. The van der Waals surface area contributed by atoms with Crippen molar-refractivity contribution in [3.63, 3.8) is 0 Å². The van der Waals surface area contributed by atoms with Gasteiger partial charge in [0, 0.05) is 45.8 Å². The van der Waals surface area contributed by atoms with Crippen molar-refractivity contribution in [3.05, 3.63) is 35.9 Å². The number of hydrogen-bond acceptors (Lipinski definition) is 3. The molecule has 0 bridgehead atoms. The molecule has 6 nitrogen and oxygen atoms in total. The number of nitrogens with zero attached hydrogens (tertiary/aromatic N) is 2. The molecular weight excluding hydrogens is 338 g/mol. The Kier molecular flexibility index (Phi) is 8.10. The lowest BCUT2D eigenvalue weighted by molar-refractivity contribution is -0.128. The average Bonchev–Trinajstić information content (AvgIpc) is 2.67. The van der Waals surface area contributed by atoms with Crippen LogP contribution in [-0.2, 0) is 11.3 Å². The molecule has 0 radical (unpaired) electrons. The second kappa shape index (κ2) is 10.3. The largest absolute Gasteiger partial charge is 0.356 e. The van der Waals surface area contributed by atoms with Gasteiger partial charge in [-0.05, 0) is 39.2 Å². The van der Waals surface area contributed by atoms with Crippen LogP contribution in [0.2, 0.25) is 0 Å². The summed E-state index contributed by atoms with van der Waals surface area (Å²) in [6.07, 6.45) is 2.18. The first kappa shape index (κ1) is 21.2. The fourth-order valence-electron chi connectivity index (χ4n) is 3.25. The quantitative estimate of drug-likeness (QED) is 0.505. The first-order valence-electron chi connectivity index (χ1n) is 9.96. The predicted octanol–water partition coefficient (Wildman–Crippen LogP) is 1.98. The van der Waals surface area contributed by atoms with E-state index in [1.165, 1.54) is 5.56 Å². The number of piperidine rings is 1. The Hall–Kier alpha value is -2.08. The summed E-state index contributed by atoms with van der Waals surface area (Å²) in [7, 11) is 1.78. The molecule has 3 N–H and O–H groups in total. The third-order valence-electron chi connectivity index (χ3n) is 5.05. The van der Waals surface area contributed by atoms with Crippen LogP contribution in [0.4, 0.5) is 0 Å². The van der Waals surface area contributed by atoms with Gasteiger partial charge in [0.2, 0.25) is 5.91 Å². The van der Waals surface area contributed by atoms with Crippen LogP contribution in [0.1, 0.15) is 39.2 Å². The van der Waals surface area contributed by atoms with Crippen molar-refractivity contribution < 1.29 is 4.79 Å². The SMILES string of the molecule is CCNC(=O)C(C)(C)CNC(=NC)NC1CCN(Cc2ccccc2)CC1. The van der Waals surface area contributed by atoms with Gasteiger partial charge in [-0.3, -0.25) is 14.7 Å². The molecule has 1 aromatic carbocycles. The Morgan fingerprint density at radius 2 is 1.85 bits per heavy atom. The van der Waals surface area contributed by atoms with Crippen LogP contribution >= 0.6 is 0 Å². The molecule has 1 saturated heterocycles. The zero-order valence-electron chi connectivity index (χ0n) is 17.2. The smallest absolute Gasteiger partial charge is 0.227 e. The number of carbonyl (C=O) groups is 1. The monoisotopic (exact) mass is 373 g/mol. The molecule has 1 fully saturated rings. The van der Waals surface area contributed by atoms with Gasteiger partial charge in [-0.25, -0.2) is 0 Å². The van der Waals surface area contributed by atoms with Crippen molar-refractivity contribution in [2.45, 2.75) is 46.2 Å². The van der Waals surface area contributed by atoms with Crippen molar-refractivity contribution in [2.75, 3.05) is 33.2 Å². The number of hydrogen-bond donors (Lipinski definition) is 3. The molecular formula is C21H35N5O. The number of benzene rings is 1. The summed E-state index contributed by atoms with van der Waals surface area (Å²) in [5.41, 5.74) is 0.890. The van der Waals surface area contributed by atoms with Gasteiger partial charge in [0.15, 0.2) is 5.96 Å². The molecule has 1 heterocycles. The van der Waals surface area contributed by atoms with Crippen LogP contribution in [0.25, 0.3) is 0 Å². The molecule has 6 heteroatoms. The minimum Gasteiger partial charge on any atom is -0.356 e. The summed E-state index contributed by atoms with van der Waals surface area (Å²) in [5.74, 6) is 0.830. The Bertz CT molecular complexity index is 606. The molecule has 1 aliphatic rings. The average molecular weight is 374 g/mol. The first-order chi connectivity index (χ1) is 12.9. The third-order valence-corrected chi connectivity index (χ3v) is 5.05. The van der Waals surface area contributed by atoms with E-state index in [1.54, 1.807) is 7.05 Å². The maximum absolute atomic E-state index is 12.1. The van der Waals surface area contributed by atoms with E-state index in [0.29, 0.717) is 19.1 Å². The molecule has 0 saturated carbocycles. The normalized spacial score (nSPS) is 16.8. The molecule has 2 rings (SSSR count). The molecule has 1 amide bonds. The summed E-state index contributed by atoms with van der Waals surface area (Å²) in [5, 5.41) is 9.71. The summed E-state index contributed by atoms with van der Waals surface area (Å²) in [4.78, 5) is 19.0. The Balaban J connectivity index is 1.75. The summed E-state index contributed by atoms with van der Waals surface area (Å²) in [6.45, 7) is 10.2. The summed E-state index contributed by atoms with van der Waals surface area (Å²) >= 11 is 0. The van der Waals surface area contributed by atoms with Crippen LogP contribution in [0.15, 0.2) is 35.3 Å². The van der Waals surface area contributed by atoms with Gasteiger partial charge in [0.1, 0.15) is 0 Å². The van der Waals surface area contributed by atoms with Crippen molar-refractivity contribution >= 4 is 11.9 Å². The van der Waals surface area contributed by atoms with E-state index < -0.39 is 5.41 Å². The van der Waals surface area contributed by atoms with E-state index in [9.17, 15) is 4.79 Å². The first-order valence-corrected chi connectivity index (χ1v) is 9.96. The highest BCUT2D eigenvalue weighted by atomic mass is 16.2. The number of nitrogens with one attached hydrogen (secondary N) is 3. The van der Waals surface area contributed by atoms with E-state index in [1.807, 2.05) is 20.8 Å². The van der Waals surface area contributed by atoms with Crippen LogP contribution in [0, 0.1) is 5.41 Å². The number of amides is 1. The predicted molar refractivity (Wildman–Crippen MR) is 112 cm³/mol. The number of guanidine groups is 1. The fourth-order valence-corrected chi connectivity index (χ4v) is 3.25. The second-order valence-electron chi connectivity index (χ2n) is 7.85. The highest BCUT2D eigenvalue weighted by Gasteiger charge is 2.27. The maximum atomic E-state index is 12.1. The van der Waals surface area contributed by atoms with Crippen molar-refractivity contribution in [1.29, 1.82) is 0 Å². The van der Waals surface area contributed by atoms with Gasteiger partial charge in [0.05, 0.1) is 5.41 Å². The number of aliphatic imine (C=N–C) groups is 1. The number of carbonyl (C=O) groups excluding carboxylic acids is 1. The number of rotatable bonds is 7. The van der Waals surface area contributed by atoms with Gasteiger partial charge in [-0.1, -0.05) is 30.3 Å². The molecule has 150 valence electrons. The van der Waals surface area contributed by atoms with E-state index in [-0.39, 0.29) is 5.91 Å². The molecule has 1 aromatic rings. The van der Waals surface area contributed by atoms with Gasteiger partial charge in [-0.2, -0.15) is 0 Å². The van der Waals surface area contributed by atoms with Crippen LogP contribution in [-0.4, -0.2) is 56.0 Å². The Morgan fingerprint density at radius 3 is 2.44 bits per heavy atom. The lowest BCUT2D eigenvalue weighted by atomic mass is 9.92. The second-order valence-corrected chi connectivity index (χ2v) is 7.85. The van der Waals surface area contributed by atoms with Crippen LogP contribution < -0.4 is 16.0 Å². The van der Waals surface area contributed by atoms with Gasteiger partial charge in [0.25, 0.3) is 0 Å². The van der Waals surface area contributed by atoms with Crippen LogP contribution in [0.3, 0.4) is 0 Å². The minimum absolute atomic E-state index is 0.0576. The Morgan fingerprint density at radius 1 is 1.19 bits per heavy atom. The van der Waals surface area contributed by atoms with Crippen molar-refractivity contribution in [1.82, 2.24) is 20.9 Å². The van der Waals surface area contributed by atoms with E-state index >= 15 is 0 Å². The number of likely N-dealkylation sites (tertiary alicyclic amines) is 1. The molecule has 0 aliphatic carbocycles. The van der Waals surface area contributed by atoms with E-state index in [4.69, 9.17) is 0 Å². The Labute approximate surface area is 163 Å². The van der Waals surface area contributed by atoms with Crippen molar-refractivity contribution in [2.24, 2.45) is 10.4 Å². The van der Waals surface area contributed by atoms with E-state index in [0.717, 1.165) is 38.4 Å². The standard InChI is InChI=1S/C21H35N5O/c1-5-23-19(27)21(2,3)16-24-20(22-4)25-18-11-13-26(14-12-18)15-17-9-7-6-8-10-17/h6-10,18H,5,11-16H2,1-4H3,(H,23,27)(H2,22,24,25). The van der Waals surface area contributed by atoms with Crippen LogP contribution in [0.5, 0.6) is 0 Å². The molecule has 0 aromatic heterocycles. The molecule has 1 aliphatic heterocycles. The lowest BCUT2D eigenvalue weighted by Crippen LogP contribution is -2.51. The van der Waals surface area contributed by atoms with Gasteiger partial charge < -0.3 is 16.0 Å². The third kappa shape index (κ3) is 6.86. The summed E-state index contributed by atoms with van der Waals surface area (Å²) < 4.78 is 0. The molecule has 0 atom stereocenters. The summed E-state index contributed by atoms with van der Waals surface area (Å²) in [6, 6.07) is 11.0. The van der Waals surface area contributed by atoms with Gasteiger partial charge >= 0.3 is 0 Å². The molecule has 0 unspecified atom stereocenters. The molecule has 0 spiro atoms. The topological polar surface area (TPSA) is 68.8 Å². The highest BCUT2D eigenvalue weighted by molar-refractivity contribution is 5.84. The maximum Gasteiger partial charge on any atom is 0.227 e. The highest BCUT2D eigenvalue weighted by Crippen LogP contribution is 2.15. The minimum atomic E-state index is -0.479. The zero-order valence-corrected chi connectivity index (χ0v) is 17.2. The van der Waals surface area contributed by atoms with Gasteiger partial charge in [-0.15, -0.1) is 0 Å². The lowest BCUT2D eigenvalue weighted by Gasteiger charge is -2.33. The van der Waals surface area contributed by atoms with E-state index in [2.05, 4.69) is 56.2 Å². The molecule has 27 heavy (non-hydrogen) atoms.